The first-order chi connectivity index (χ1) is 12.9. The molecule has 6 nitrogen and oxygen atoms in total. The summed E-state index contributed by atoms with van der Waals surface area (Å²) in [5.74, 6) is -0.0999. The highest BCUT2D eigenvalue weighted by Gasteiger charge is 2.21. The number of nitrogens with one attached hydrogen (secondary N) is 2. The van der Waals surface area contributed by atoms with E-state index in [0.717, 1.165) is 11.9 Å². The minimum atomic E-state index is -0.701. The molecule has 1 aromatic carbocycles. The van der Waals surface area contributed by atoms with Gasteiger partial charge in [-0.05, 0) is 43.3 Å². The van der Waals surface area contributed by atoms with Crippen molar-refractivity contribution in [3.05, 3.63) is 52.3 Å². The van der Waals surface area contributed by atoms with E-state index in [9.17, 15) is 9.90 Å². The van der Waals surface area contributed by atoms with Crippen LogP contribution in [-0.4, -0.2) is 40.8 Å². The van der Waals surface area contributed by atoms with Gasteiger partial charge in [0.1, 0.15) is 23.3 Å². The van der Waals surface area contributed by atoms with Gasteiger partial charge in [0.2, 0.25) is 0 Å². The van der Waals surface area contributed by atoms with Crippen LogP contribution >= 0.6 is 11.3 Å². The molecule has 0 bridgehead atoms. The molecule has 0 saturated carbocycles. The third-order valence-electron chi connectivity index (χ3n) is 4.41. The van der Waals surface area contributed by atoms with Crippen molar-refractivity contribution in [2.24, 2.45) is 5.73 Å². The van der Waals surface area contributed by atoms with E-state index in [0.29, 0.717) is 17.2 Å². The number of β-amino-alcohol motifs (C(OH)–C–C–N with tert-alkyl or cyclic N) is 1. The molecular weight excluding hydrogens is 362 g/mol. The fourth-order valence-electron chi connectivity index (χ4n) is 3.05. The van der Waals surface area contributed by atoms with Crippen LogP contribution in [0.5, 0.6) is 5.75 Å². The van der Waals surface area contributed by atoms with Crippen LogP contribution in [0.3, 0.4) is 0 Å². The molecule has 0 aliphatic heterocycles. The van der Waals surface area contributed by atoms with E-state index in [1.54, 1.807) is 11.4 Å². The number of hydrogen-bond acceptors (Lipinski definition) is 5. The van der Waals surface area contributed by atoms with Crippen LogP contribution in [0.1, 0.15) is 29.1 Å². The first-order valence-electron chi connectivity index (χ1n) is 8.84. The number of fused-ring (bicyclic) bond motifs is 1. The molecule has 3 aromatic rings. The van der Waals surface area contributed by atoms with Gasteiger partial charge in [0, 0.05) is 29.2 Å². The fraction of sp³-hybridized carbons (Fsp3) is 0.350. The number of benzene rings is 1. The zero-order valence-corrected chi connectivity index (χ0v) is 16.3. The zero-order valence-electron chi connectivity index (χ0n) is 15.5. The summed E-state index contributed by atoms with van der Waals surface area (Å²) in [6, 6.07) is 9.90. The molecule has 0 spiro atoms. The van der Waals surface area contributed by atoms with Crippen LogP contribution < -0.4 is 15.8 Å². The van der Waals surface area contributed by atoms with Gasteiger partial charge in [0.25, 0.3) is 5.91 Å². The summed E-state index contributed by atoms with van der Waals surface area (Å²) >= 11 is 1.23. The van der Waals surface area contributed by atoms with Gasteiger partial charge in [-0.1, -0.05) is 18.2 Å². The second kappa shape index (κ2) is 8.12. The van der Waals surface area contributed by atoms with E-state index < -0.39 is 12.0 Å². The molecule has 0 aliphatic carbocycles. The van der Waals surface area contributed by atoms with Crippen molar-refractivity contribution in [1.82, 2.24) is 10.3 Å². The topological polar surface area (TPSA) is 100 Å². The highest BCUT2D eigenvalue weighted by Crippen LogP contribution is 2.24. The number of para-hydroxylation sites is 1. The quantitative estimate of drug-likeness (QED) is 0.453. The van der Waals surface area contributed by atoms with E-state index in [4.69, 9.17) is 10.5 Å². The summed E-state index contributed by atoms with van der Waals surface area (Å²) in [7, 11) is 0. The van der Waals surface area contributed by atoms with Crippen LogP contribution in [0, 0.1) is 0 Å². The first-order valence-corrected chi connectivity index (χ1v) is 9.72. The average Bonchev–Trinajstić information content (AvgIpc) is 3.25. The second-order valence-electron chi connectivity index (χ2n) is 7.24. The average molecular weight is 388 g/mol. The highest BCUT2D eigenvalue weighted by atomic mass is 32.1. The number of thiophene rings is 1. The van der Waals surface area contributed by atoms with Crippen LogP contribution in [-0.2, 0) is 6.42 Å². The Morgan fingerprint density at radius 2 is 2.15 bits per heavy atom. The predicted octanol–water partition coefficient (Wildman–Crippen LogP) is 2.68. The molecule has 5 N–H and O–H groups in total. The first kappa shape index (κ1) is 19.4. The van der Waals surface area contributed by atoms with Crippen molar-refractivity contribution in [3.8, 4) is 5.75 Å². The number of amides is 1. The minimum Gasteiger partial charge on any atom is -0.489 e. The molecule has 1 unspecified atom stereocenters. The number of carbonyl (C=O) groups excluding carboxylic acids is 1. The predicted molar refractivity (Wildman–Crippen MR) is 108 cm³/mol. The molecule has 2 aromatic heterocycles. The zero-order chi connectivity index (χ0) is 19.4. The largest absolute Gasteiger partial charge is 0.489 e. The number of nitrogens with two attached hydrogens (primary N) is 1. The fourth-order valence-corrected chi connectivity index (χ4v) is 3.73. The molecule has 0 radical (unpaired) electrons. The number of rotatable bonds is 9. The Hall–Kier alpha value is -2.35. The maximum Gasteiger partial charge on any atom is 0.262 e. The Labute approximate surface area is 162 Å². The van der Waals surface area contributed by atoms with E-state index in [2.05, 4.69) is 36.3 Å². The molecule has 144 valence electrons. The molecule has 2 heterocycles. The SMILES string of the molecule is CC(C)(Cc1c[nH]c2ccccc12)NCC(O)COc1ccsc1C(N)=O. The molecule has 1 atom stereocenters. The number of aliphatic hydroxyl groups excluding tert-OH is 1. The lowest BCUT2D eigenvalue weighted by Gasteiger charge is -2.28. The highest BCUT2D eigenvalue weighted by molar-refractivity contribution is 7.12. The van der Waals surface area contributed by atoms with Gasteiger partial charge in [-0.25, -0.2) is 0 Å². The van der Waals surface area contributed by atoms with Gasteiger partial charge in [0.15, 0.2) is 0 Å². The number of ether oxygens (including phenoxy) is 1. The number of carbonyl (C=O) groups is 1. The molecule has 0 aliphatic rings. The summed E-state index contributed by atoms with van der Waals surface area (Å²) < 4.78 is 5.54. The molecule has 0 fully saturated rings. The van der Waals surface area contributed by atoms with E-state index in [1.165, 1.54) is 22.3 Å². The van der Waals surface area contributed by atoms with E-state index >= 15 is 0 Å². The standard InChI is InChI=1S/C20H25N3O3S/c1-20(2,9-13-10-22-16-6-4-3-5-15(13)16)23-11-14(24)12-26-17-7-8-27-18(17)19(21)25/h3-8,10,14,22-24H,9,11-12H2,1-2H3,(H2,21,25). The van der Waals surface area contributed by atoms with Crippen molar-refractivity contribution < 1.29 is 14.6 Å². The van der Waals surface area contributed by atoms with Gasteiger partial charge in [0.05, 0.1) is 0 Å². The number of aromatic amines is 1. The van der Waals surface area contributed by atoms with Gasteiger partial charge in [-0.3, -0.25) is 4.79 Å². The van der Waals surface area contributed by atoms with Crippen LogP contribution in [0.15, 0.2) is 41.9 Å². The van der Waals surface area contributed by atoms with Gasteiger partial charge < -0.3 is 25.9 Å². The number of primary amides is 1. The maximum absolute atomic E-state index is 11.3. The summed E-state index contributed by atoms with van der Waals surface area (Å²) in [4.78, 5) is 15.0. The third-order valence-corrected chi connectivity index (χ3v) is 5.32. The summed E-state index contributed by atoms with van der Waals surface area (Å²) in [6.45, 7) is 4.68. The Kier molecular flexibility index (Phi) is 5.84. The van der Waals surface area contributed by atoms with Gasteiger partial charge in [-0.2, -0.15) is 0 Å². The molecular formula is C20H25N3O3S. The van der Waals surface area contributed by atoms with Crippen molar-refractivity contribution in [1.29, 1.82) is 0 Å². The Morgan fingerprint density at radius 3 is 2.93 bits per heavy atom. The number of aromatic nitrogens is 1. The monoisotopic (exact) mass is 387 g/mol. The van der Waals surface area contributed by atoms with E-state index in [1.807, 2.05) is 18.3 Å². The number of hydrogen-bond donors (Lipinski definition) is 4. The van der Waals surface area contributed by atoms with Crippen LogP contribution in [0.4, 0.5) is 0 Å². The van der Waals surface area contributed by atoms with Crippen molar-refractivity contribution in [3.63, 3.8) is 0 Å². The normalized spacial score (nSPS) is 13.0. The van der Waals surface area contributed by atoms with Crippen LogP contribution in [0.2, 0.25) is 0 Å². The molecule has 0 saturated heterocycles. The molecule has 7 heteroatoms. The maximum atomic E-state index is 11.3. The van der Waals surface area contributed by atoms with Crippen molar-refractivity contribution >= 4 is 28.1 Å². The lowest BCUT2D eigenvalue weighted by atomic mass is 9.94. The van der Waals surface area contributed by atoms with Crippen LogP contribution in [0.25, 0.3) is 10.9 Å². The van der Waals surface area contributed by atoms with Crippen molar-refractivity contribution in [2.75, 3.05) is 13.2 Å². The second-order valence-corrected chi connectivity index (χ2v) is 8.16. The van der Waals surface area contributed by atoms with Gasteiger partial charge in [-0.15, -0.1) is 11.3 Å². The third kappa shape index (κ3) is 4.88. The Balaban J connectivity index is 1.52. The Bertz CT molecular complexity index is 916. The lowest BCUT2D eigenvalue weighted by Crippen LogP contribution is -2.46. The Morgan fingerprint density at radius 1 is 1.37 bits per heavy atom. The van der Waals surface area contributed by atoms with Crippen molar-refractivity contribution in [2.45, 2.75) is 31.9 Å². The summed E-state index contributed by atoms with van der Waals surface area (Å²) in [5.41, 5.74) is 7.45. The number of H-pyrrole nitrogens is 1. The molecule has 1 amide bonds. The lowest BCUT2D eigenvalue weighted by molar-refractivity contribution is 0.0943. The molecule has 27 heavy (non-hydrogen) atoms. The smallest absolute Gasteiger partial charge is 0.262 e. The van der Waals surface area contributed by atoms with Gasteiger partial charge >= 0.3 is 0 Å². The minimum absolute atomic E-state index is 0.0905. The number of aliphatic hydroxyl groups is 1. The summed E-state index contributed by atoms with van der Waals surface area (Å²) in [5, 5.41) is 16.6. The summed E-state index contributed by atoms with van der Waals surface area (Å²) in [6.07, 6.45) is 2.16. The molecule has 3 rings (SSSR count). The van der Waals surface area contributed by atoms with E-state index in [-0.39, 0.29) is 12.1 Å².